The van der Waals surface area contributed by atoms with E-state index in [1.807, 2.05) is 20.8 Å². The Morgan fingerprint density at radius 3 is 1.92 bits per heavy atom. The normalized spacial score (nSPS) is 53.9. The molecule has 7 saturated heterocycles. The third kappa shape index (κ3) is 8.96. The van der Waals surface area contributed by atoms with Gasteiger partial charge < -0.3 is 76.9 Å². The molecule has 7 aliphatic rings. The molecule has 0 saturated carbocycles. The van der Waals surface area contributed by atoms with Crippen molar-refractivity contribution < 1.29 is 81.7 Å². The third-order valence-electron chi connectivity index (χ3n) is 17.8. The predicted octanol–water partition coefficient (Wildman–Crippen LogP) is 5.22. The Bertz CT molecular complexity index is 1650. The summed E-state index contributed by atoms with van der Waals surface area (Å²) in [6.45, 7) is 19.0. The minimum atomic E-state index is -2.12. The summed E-state index contributed by atoms with van der Waals surface area (Å²) < 4.78 is 85.1. The maximum Gasteiger partial charge on any atom is 0.311 e. The van der Waals surface area contributed by atoms with Gasteiger partial charge in [0.25, 0.3) is 0 Å². The number of carboxylic acid groups (broad SMARTS) is 1. The maximum absolute atomic E-state index is 12.6. The average molecular weight is 945 g/mol. The first-order valence-electron chi connectivity index (χ1n) is 24.7. The molecule has 66 heavy (non-hydrogen) atoms. The van der Waals surface area contributed by atoms with Crippen LogP contribution in [0.25, 0.3) is 0 Å². The lowest BCUT2D eigenvalue weighted by Crippen LogP contribution is -2.71. The van der Waals surface area contributed by atoms with Gasteiger partial charge in [-0.25, -0.2) is 0 Å². The van der Waals surface area contributed by atoms with Crippen LogP contribution in [0.15, 0.2) is 0 Å². The zero-order valence-corrected chi connectivity index (χ0v) is 42.3. The number of carboxylic acids is 1. The van der Waals surface area contributed by atoms with Crippen molar-refractivity contribution in [3.63, 3.8) is 0 Å². The van der Waals surface area contributed by atoms with E-state index in [0.717, 1.165) is 19.3 Å². The zero-order valence-electron chi connectivity index (χ0n) is 42.3. The van der Waals surface area contributed by atoms with Crippen molar-refractivity contribution in [2.45, 2.75) is 235 Å². The third-order valence-corrected chi connectivity index (χ3v) is 17.8. The van der Waals surface area contributed by atoms with Gasteiger partial charge in [-0.3, -0.25) is 4.79 Å². The van der Waals surface area contributed by atoms with E-state index in [-0.39, 0.29) is 85.0 Å². The highest BCUT2D eigenvalue weighted by atomic mass is 16.8. The fourth-order valence-electron chi connectivity index (χ4n) is 13.7. The monoisotopic (exact) mass is 945 g/mol. The molecule has 0 unspecified atom stereocenters. The van der Waals surface area contributed by atoms with Gasteiger partial charge in [-0.15, -0.1) is 0 Å². The van der Waals surface area contributed by atoms with E-state index in [1.54, 1.807) is 42.3 Å². The Balaban J connectivity index is 1.12. The second kappa shape index (κ2) is 19.8. The molecule has 1 spiro atoms. The van der Waals surface area contributed by atoms with Crippen molar-refractivity contribution in [3.05, 3.63) is 0 Å². The number of methoxy groups -OCH3 is 5. The van der Waals surface area contributed by atoms with E-state index in [2.05, 4.69) is 27.7 Å². The molecule has 0 radical (unpaired) electrons. The molecule has 0 aromatic rings. The van der Waals surface area contributed by atoms with E-state index in [9.17, 15) is 20.1 Å². The van der Waals surface area contributed by atoms with Crippen LogP contribution < -0.4 is 0 Å². The predicted molar refractivity (Wildman–Crippen MR) is 237 cm³/mol. The summed E-state index contributed by atoms with van der Waals surface area (Å²) in [5, 5.41) is 33.7. The van der Waals surface area contributed by atoms with Gasteiger partial charge in [-0.1, -0.05) is 34.6 Å². The minimum absolute atomic E-state index is 0.0173. The van der Waals surface area contributed by atoms with Crippen LogP contribution in [0.3, 0.4) is 0 Å². The maximum atomic E-state index is 12.6. The highest BCUT2D eigenvalue weighted by Crippen LogP contribution is 2.57. The van der Waals surface area contributed by atoms with Crippen molar-refractivity contribution in [2.75, 3.05) is 35.5 Å². The Labute approximate surface area is 392 Å². The van der Waals surface area contributed by atoms with Crippen molar-refractivity contribution in [2.24, 2.45) is 35.5 Å². The Kier molecular flexibility index (Phi) is 15.8. The number of carbonyl (C=O) groups is 1. The first kappa shape index (κ1) is 52.7. The molecule has 17 nitrogen and oxygen atoms in total. The van der Waals surface area contributed by atoms with Gasteiger partial charge in [-0.05, 0) is 66.7 Å². The lowest BCUT2D eigenvalue weighted by atomic mass is 9.71. The lowest BCUT2D eigenvalue weighted by molar-refractivity contribution is -0.403. The summed E-state index contributed by atoms with van der Waals surface area (Å²) in [5.74, 6) is -8.75. The second-order valence-electron chi connectivity index (χ2n) is 21.5. The molecule has 0 aromatic heterocycles. The molecule has 7 heterocycles. The summed E-state index contributed by atoms with van der Waals surface area (Å²) in [6.07, 6.45) is -0.593. The molecule has 17 heteroatoms. The van der Waals surface area contributed by atoms with E-state index in [0.29, 0.717) is 25.7 Å². The molecule has 382 valence electrons. The number of aliphatic carboxylic acids is 1. The van der Waals surface area contributed by atoms with Crippen molar-refractivity contribution in [1.29, 1.82) is 0 Å². The summed E-state index contributed by atoms with van der Waals surface area (Å²) in [7, 11) is 8.28. The molecule has 3 N–H and O–H groups in total. The average Bonchev–Trinajstić information content (AvgIpc) is 4.01. The van der Waals surface area contributed by atoms with Gasteiger partial charge in [0.05, 0.1) is 79.4 Å². The van der Waals surface area contributed by atoms with Crippen LogP contribution in [0.4, 0.5) is 0 Å². The number of aliphatic hydroxyl groups is 2. The summed E-state index contributed by atoms with van der Waals surface area (Å²) in [6, 6.07) is 0. The van der Waals surface area contributed by atoms with Crippen molar-refractivity contribution >= 4 is 5.97 Å². The molecule has 0 aromatic carbocycles. The molecule has 0 amide bonds. The summed E-state index contributed by atoms with van der Waals surface area (Å²) >= 11 is 0. The van der Waals surface area contributed by atoms with E-state index in [4.69, 9.17) is 61.6 Å². The van der Waals surface area contributed by atoms with Crippen LogP contribution in [0.5, 0.6) is 0 Å². The Morgan fingerprint density at radius 1 is 0.682 bits per heavy atom. The zero-order chi connectivity index (χ0) is 48.5. The molecular weight excluding hydrogens is 861 g/mol. The molecule has 7 fully saturated rings. The molecule has 0 bridgehead atoms. The van der Waals surface area contributed by atoms with Crippen LogP contribution >= 0.6 is 0 Å². The van der Waals surface area contributed by atoms with Crippen LogP contribution in [0, 0.1) is 35.5 Å². The van der Waals surface area contributed by atoms with Crippen LogP contribution in [0.1, 0.15) is 121 Å². The van der Waals surface area contributed by atoms with Crippen LogP contribution in [-0.4, -0.2) is 171 Å². The first-order valence-corrected chi connectivity index (χ1v) is 24.7. The highest BCUT2D eigenvalue weighted by molar-refractivity contribution is 5.70. The second-order valence-corrected chi connectivity index (χ2v) is 21.5. The molecule has 25 atom stereocenters. The molecule has 7 aliphatic heterocycles. The highest BCUT2D eigenvalue weighted by Gasteiger charge is 2.70. The van der Waals surface area contributed by atoms with Gasteiger partial charge in [0.2, 0.25) is 0 Å². The molecule has 7 rings (SSSR count). The SMILES string of the molecule is CO[C@H]1[C@H](C)[C@H]([C@@H]2CC[C@H]([C@@H]3CC[C@@H]([C@]4(C)O[C@@]5(O[C@H](C[C@@H]6O[C@@](O)([C@@H](C)C(=O)O)[C@@H](C)[C@@H](OC)[C@]6(C)O[C@@H]6CC[C@@H](OC)[C@H](C)O6)C[C@@H](OC)[C@H]5C)[C@@H](C)[C@@H]4OC)O3)O2)O[C@](C)(O)[C@@H]1C. The number of ether oxygens (including phenoxy) is 13. The van der Waals surface area contributed by atoms with Gasteiger partial charge in [0, 0.05) is 84.4 Å². The number of rotatable bonds is 14. The molecular formula is C49H84O17. The lowest BCUT2D eigenvalue weighted by Gasteiger charge is -2.58. The van der Waals surface area contributed by atoms with E-state index < -0.39 is 77.1 Å². The smallest absolute Gasteiger partial charge is 0.311 e. The molecule has 0 aliphatic carbocycles. The topological polar surface area (TPSA) is 198 Å². The summed E-state index contributed by atoms with van der Waals surface area (Å²) in [5.41, 5.74) is -2.19. The van der Waals surface area contributed by atoms with E-state index in [1.165, 1.54) is 14.0 Å². The number of hydrogen-bond acceptors (Lipinski definition) is 16. The standard InChI is InChI=1S/C49H84O17/c1-24-40(56-13)26(3)47(10,52)65-41(24)35-17-16-33(60-35)34-18-20-37(61-34)46(9)43(58-15)28(5)49(66-46)25(2)36(55-12)22-31(62-49)23-38-45(8,64-39-21-19-32(54-11)30(7)59-39)42(57-14)27(4)48(53,63-38)29(6)44(50)51/h24-43,52-53H,16-23H2,1-15H3,(H,50,51)/t24-,25+,26+,27-,28-,29-,30-,31-,32+,33+,34-,35-,36+,37-,38-,39+,40-,41+,42+,43-,45+,46-,47-,48+,49+/m0/s1. The van der Waals surface area contributed by atoms with Gasteiger partial charge in [0.15, 0.2) is 23.7 Å². The number of hydrogen-bond donors (Lipinski definition) is 3. The summed E-state index contributed by atoms with van der Waals surface area (Å²) in [4.78, 5) is 12.6. The fraction of sp³-hybridized carbons (Fsp3) is 0.980. The Morgan fingerprint density at radius 2 is 1.32 bits per heavy atom. The Hall–Kier alpha value is -1.13. The van der Waals surface area contributed by atoms with Crippen molar-refractivity contribution in [3.8, 4) is 0 Å². The quantitative estimate of drug-likeness (QED) is 0.205. The van der Waals surface area contributed by atoms with Crippen molar-refractivity contribution in [1.82, 2.24) is 0 Å². The van der Waals surface area contributed by atoms with Crippen LogP contribution in [0.2, 0.25) is 0 Å². The fourth-order valence-corrected chi connectivity index (χ4v) is 13.7. The largest absolute Gasteiger partial charge is 0.481 e. The van der Waals surface area contributed by atoms with Crippen LogP contribution in [-0.2, 0) is 66.4 Å². The van der Waals surface area contributed by atoms with Gasteiger partial charge in [-0.2, -0.15) is 0 Å². The first-order chi connectivity index (χ1) is 31.0. The van der Waals surface area contributed by atoms with E-state index >= 15 is 0 Å². The van der Waals surface area contributed by atoms with Gasteiger partial charge in [0.1, 0.15) is 17.1 Å². The van der Waals surface area contributed by atoms with Gasteiger partial charge >= 0.3 is 5.97 Å². The minimum Gasteiger partial charge on any atom is -0.481 e.